The van der Waals surface area contributed by atoms with Crippen molar-refractivity contribution in [2.24, 2.45) is 11.8 Å². The lowest BCUT2D eigenvalue weighted by Crippen LogP contribution is -2.34. The highest BCUT2D eigenvalue weighted by molar-refractivity contribution is 6.02. The number of ketones is 1. The number of rotatable bonds is 6. The number of carbonyl (C=O) groups is 1. The van der Waals surface area contributed by atoms with Crippen LogP contribution in [-0.4, -0.2) is 37.8 Å². The van der Waals surface area contributed by atoms with E-state index >= 15 is 0 Å². The molecule has 4 heteroatoms. The van der Waals surface area contributed by atoms with Crippen LogP contribution < -0.4 is 9.47 Å². The van der Waals surface area contributed by atoms with Gasteiger partial charge in [-0.05, 0) is 67.6 Å². The molecule has 2 aliphatic rings. The summed E-state index contributed by atoms with van der Waals surface area (Å²) in [5, 5.41) is 0. The van der Waals surface area contributed by atoms with E-state index in [-0.39, 0.29) is 10.5 Å². The molecule has 0 N–H and O–H groups in total. The first kappa shape index (κ1) is 6.60. The zero-order chi connectivity index (χ0) is 37.1. The third-order valence-corrected chi connectivity index (χ3v) is 4.14. The molecule has 1 saturated heterocycles. The van der Waals surface area contributed by atoms with Gasteiger partial charge in [0.15, 0.2) is 17.3 Å². The van der Waals surface area contributed by atoms with Crippen molar-refractivity contribution in [3.8, 4) is 11.5 Å². The Morgan fingerprint density at radius 2 is 1.89 bits per heavy atom. The molecule has 0 spiro atoms. The van der Waals surface area contributed by atoms with Crippen molar-refractivity contribution in [1.82, 2.24) is 4.90 Å². The number of likely N-dealkylation sites (tertiary alicyclic amines) is 1. The third-order valence-electron chi connectivity index (χ3n) is 4.14. The number of hydrogen-bond acceptors (Lipinski definition) is 4. The van der Waals surface area contributed by atoms with E-state index in [1.165, 1.54) is 24.3 Å². The highest BCUT2D eigenvalue weighted by Crippen LogP contribution is 2.39. The van der Waals surface area contributed by atoms with Gasteiger partial charge in [-0.25, -0.2) is 0 Å². The zero-order valence-electron chi connectivity index (χ0n) is 34.5. The lowest BCUT2D eigenvalue weighted by molar-refractivity contribution is 0.0895. The van der Waals surface area contributed by atoms with Gasteiger partial charge in [-0.1, -0.05) is 30.3 Å². The van der Waals surface area contributed by atoms with Crippen LogP contribution in [0.1, 0.15) is 68.1 Å². The molecule has 1 aliphatic carbocycles. The molecule has 0 saturated carbocycles. The van der Waals surface area contributed by atoms with Crippen LogP contribution in [0.3, 0.4) is 0 Å². The molecule has 1 heterocycles. The molecule has 4 rings (SSSR count). The molecule has 0 bridgehead atoms. The summed E-state index contributed by atoms with van der Waals surface area (Å²) in [6.07, 6.45) is -13.1. The Morgan fingerprint density at radius 3 is 2.61 bits per heavy atom. The number of fused-ring (bicyclic) bond motifs is 1. The quantitative estimate of drug-likeness (QED) is 0.723. The number of Topliss-reactive ketones (excluding diaryl/α,β-unsaturated/α-hetero) is 1. The standard InChI is InChI=1S/C24H29NO3/c1-27-22-14-19-13-20(24(26)21(19)15-23(22)28-2)12-17-8-10-25(11-9-17)16-18-6-4-3-5-7-18/h3-7,14-15,17,20H,8-13,16H2,1-2H3/i1D3,2D3,8D2,9D2,10D2,11D2,13D2,14D,15D,17D,20D. The highest BCUT2D eigenvalue weighted by atomic mass is 16.5. The van der Waals surface area contributed by atoms with Gasteiger partial charge >= 0.3 is 0 Å². The summed E-state index contributed by atoms with van der Waals surface area (Å²) in [6.45, 7) is -7.81. The maximum atomic E-state index is 14.0. The van der Waals surface area contributed by atoms with Crippen LogP contribution in [0.5, 0.6) is 11.5 Å². The molecule has 0 radical (unpaired) electrons. The predicted molar refractivity (Wildman–Crippen MR) is 110 cm³/mol. The van der Waals surface area contributed by atoms with Crippen molar-refractivity contribution in [2.45, 2.75) is 32.1 Å². The molecule has 0 amide bonds. The Labute approximate surface area is 195 Å². The third kappa shape index (κ3) is 3.93. The first-order valence-corrected chi connectivity index (χ1v) is 8.26. The van der Waals surface area contributed by atoms with Crippen LogP contribution in [0, 0.1) is 11.8 Å². The van der Waals surface area contributed by atoms with Gasteiger partial charge in [-0.2, -0.15) is 0 Å². The normalized spacial score (nSPS) is 44.4. The lowest BCUT2D eigenvalue weighted by Gasteiger charge is -2.32. The van der Waals surface area contributed by atoms with E-state index in [0.29, 0.717) is 0 Å². The largest absolute Gasteiger partial charge is 0.493 e. The fourth-order valence-electron chi connectivity index (χ4n) is 2.80. The van der Waals surface area contributed by atoms with Gasteiger partial charge in [0, 0.05) is 34.5 Å². The molecule has 148 valence electrons. The number of methoxy groups -OCH3 is 2. The van der Waals surface area contributed by atoms with Gasteiger partial charge in [-0.15, -0.1) is 0 Å². The van der Waals surface area contributed by atoms with Crippen LogP contribution in [0.15, 0.2) is 42.4 Å². The summed E-state index contributed by atoms with van der Waals surface area (Å²) in [6, 6.07) is 4.81. The van der Waals surface area contributed by atoms with E-state index in [2.05, 4.69) is 9.47 Å². The summed E-state index contributed by atoms with van der Waals surface area (Å²) in [4.78, 5) is 14.2. The van der Waals surface area contributed by atoms with Crippen molar-refractivity contribution in [2.75, 3.05) is 27.1 Å². The molecule has 1 unspecified atom stereocenters. The van der Waals surface area contributed by atoms with E-state index in [1.807, 2.05) is 0 Å². The molecular formula is C24H29NO3. The van der Waals surface area contributed by atoms with Gasteiger partial charge in [0.25, 0.3) is 0 Å². The molecule has 1 aliphatic heterocycles. The summed E-state index contributed by atoms with van der Waals surface area (Å²) in [7, 11) is -6.89. The minimum atomic E-state index is -3.82. The van der Waals surface area contributed by atoms with Crippen molar-refractivity contribution in [1.29, 1.82) is 0 Å². The molecule has 1 fully saturated rings. The Balaban J connectivity index is 1.95. The Kier molecular flexibility index (Phi) is 1.97. The maximum Gasteiger partial charge on any atom is 0.166 e. The fraction of sp³-hybridized carbons (Fsp3) is 0.458. The van der Waals surface area contributed by atoms with Gasteiger partial charge in [0.05, 0.1) is 25.0 Å². The SMILES string of the molecule is [2H]c1c(OC([2H])([2H])[2H])c(OC([2H])([2H])[2H])c([2H])c2c1C(=O)C([2H])(CC1([2H])C([2H])([2H])C([2H])([2H])N(Cc3ccccc3)C([2H])([2H])C1([2H])[2H])C2([2H])[2H]. The van der Waals surface area contributed by atoms with Gasteiger partial charge < -0.3 is 9.47 Å². The van der Waals surface area contributed by atoms with E-state index in [1.54, 1.807) is 6.07 Å². The first-order valence-electron chi connectivity index (χ1n) is 18.3. The van der Waals surface area contributed by atoms with Gasteiger partial charge in [-0.3, -0.25) is 9.69 Å². The van der Waals surface area contributed by atoms with Crippen molar-refractivity contribution >= 4 is 5.78 Å². The number of nitrogens with zero attached hydrogens (tertiary/aromatic N) is 1. The van der Waals surface area contributed by atoms with Gasteiger partial charge in [0.2, 0.25) is 0 Å². The molecule has 4 nitrogen and oxygen atoms in total. The maximum absolute atomic E-state index is 14.0. The Morgan fingerprint density at radius 1 is 1.18 bits per heavy atom. The summed E-state index contributed by atoms with van der Waals surface area (Å²) in [5.41, 5.74) is -2.17. The van der Waals surface area contributed by atoms with E-state index < -0.39 is 111 Å². The minimum Gasteiger partial charge on any atom is -0.493 e. The van der Waals surface area contributed by atoms with Crippen molar-refractivity contribution < 1.29 is 41.7 Å². The van der Waals surface area contributed by atoms with Crippen molar-refractivity contribution in [3.05, 3.63) is 59.1 Å². The summed E-state index contributed by atoms with van der Waals surface area (Å²) in [5.74, 6) is -11.8. The average molecular weight is 400 g/mol. The lowest BCUT2D eigenvalue weighted by atomic mass is 9.85. The summed E-state index contributed by atoms with van der Waals surface area (Å²) < 4.78 is 176. The zero-order valence-corrected chi connectivity index (χ0v) is 14.5. The minimum absolute atomic E-state index is 0.222. The second-order valence-corrected chi connectivity index (χ2v) is 6.00. The van der Waals surface area contributed by atoms with E-state index in [4.69, 9.17) is 27.4 Å². The topological polar surface area (TPSA) is 38.8 Å². The van der Waals surface area contributed by atoms with Crippen LogP contribution in [-0.2, 0) is 12.9 Å². The van der Waals surface area contributed by atoms with Crippen LogP contribution in [0.2, 0.25) is 0 Å². The molecule has 0 aromatic heterocycles. The van der Waals surface area contributed by atoms with Crippen molar-refractivity contribution in [3.63, 3.8) is 0 Å². The van der Waals surface area contributed by atoms with E-state index in [0.717, 1.165) is 0 Å². The molecule has 2 aromatic rings. The van der Waals surface area contributed by atoms with Crippen LogP contribution in [0.25, 0.3) is 0 Å². The number of ether oxygens (including phenoxy) is 2. The average Bonchev–Trinajstić information content (AvgIpc) is 3.07. The smallest absolute Gasteiger partial charge is 0.166 e. The predicted octanol–water partition coefficient (Wildman–Crippen LogP) is 4.36. The Hall–Kier alpha value is -2.33. The second-order valence-electron chi connectivity index (χ2n) is 6.00. The Bertz CT molecular complexity index is 1590. The number of benzene rings is 2. The van der Waals surface area contributed by atoms with E-state index in [9.17, 15) is 4.79 Å². The number of carbonyl (C=O) groups excluding carboxylic acids is 1. The molecule has 28 heavy (non-hydrogen) atoms. The summed E-state index contributed by atoms with van der Waals surface area (Å²) >= 11 is 0. The monoisotopic (exact) mass is 399 g/mol. The molecule has 1 atom stereocenters. The van der Waals surface area contributed by atoms with Crippen LogP contribution >= 0.6 is 0 Å². The molecular weight excluding hydrogens is 350 g/mol. The number of hydrogen-bond donors (Lipinski definition) is 0. The van der Waals surface area contributed by atoms with Gasteiger partial charge in [0.1, 0.15) is 0 Å². The number of piperidine rings is 1. The second kappa shape index (κ2) is 8.36. The first-order chi connectivity index (χ1) is 21.3. The van der Waals surface area contributed by atoms with Crippen LogP contribution in [0.4, 0.5) is 0 Å². The fourth-order valence-corrected chi connectivity index (χ4v) is 2.80. The highest BCUT2D eigenvalue weighted by Gasteiger charge is 2.34. The molecule has 2 aromatic carbocycles.